The summed E-state index contributed by atoms with van der Waals surface area (Å²) in [6.07, 6.45) is 0. The number of carbonyl (C=O) groups excluding carboxylic acids is 1. The third-order valence-corrected chi connectivity index (χ3v) is 1.18. The van der Waals surface area contributed by atoms with Gasteiger partial charge < -0.3 is 16.1 Å². The van der Waals surface area contributed by atoms with Crippen LogP contribution < -0.4 is 11.0 Å². The van der Waals surface area contributed by atoms with E-state index in [1.54, 1.807) is 0 Å². The molecule has 0 saturated carbocycles. The number of aliphatic carboxylic acids is 1. The molecule has 0 aliphatic heterocycles. The minimum atomic E-state index is -1.38. The van der Waals surface area contributed by atoms with Gasteiger partial charge in [0, 0.05) is 5.75 Å². The highest BCUT2D eigenvalue weighted by atomic mass is 32.1. The van der Waals surface area contributed by atoms with Crippen molar-refractivity contribution < 1.29 is 18.9 Å². The Balaban J connectivity index is 4.53. The van der Waals surface area contributed by atoms with Crippen LogP contribution in [0.2, 0.25) is 4.24 Å². The third kappa shape index (κ3) is 3.84. The summed E-state index contributed by atoms with van der Waals surface area (Å²) in [7, 11) is 0. The topological polar surface area (TPSA) is 92.4 Å². The fourth-order valence-corrected chi connectivity index (χ4v) is 0.583. The lowest BCUT2D eigenvalue weighted by Gasteiger charge is -2.09. The number of thiol groups is 1. The monoisotopic (exact) mass is 183 g/mol. The standard InChI is InChI=1S/C5H10N2O3S/c6-1-4(8)7-3(2-11)5(9)10/h3,11H,1-2,6H2,(H,7,8)(H,9,10)/t3-/m0/s1/i/hD5. The molecule has 0 heterocycles. The maximum atomic E-state index is 11.2. The van der Waals surface area contributed by atoms with Crippen LogP contribution in [0.5, 0.6) is 0 Å². The lowest BCUT2D eigenvalue weighted by atomic mass is 10.3. The summed E-state index contributed by atoms with van der Waals surface area (Å²) in [6, 6.07) is -1.38. The van der Waals surface area contributed by atoms with Crippen LogP contribution in [-0.4, -0.2) is 36.4 Å². The average Bonchev–Trinajstić information content (AvgIpc) is 2.23. The molecule has 0 aromatic heterocycles. The Morgan fingerprint density at radius 2 is 2.91 bits per heavy atom. The zero-order valence-corrected chi connectivity index (χ0v) is 6.34. The van der Waals surface area contributed by atoms with Gasteiger partial charge in [-0.15, -0.1) is 0 Å². The van der Waals surface area contributed by atoms with Crippen LogP contribution in [0, 0.1) is 0 Å². The van der Waals surface area contributed by atoms with Gasteiger partial charge in [-0.3, -0.25) is 4.79 Å². The summed E-state index contributed by atoms with van der Waals surface area (Å²) in [6.45, 7) is -0.687. The van der Waals surface area contributed by atoms with Gasteiger partial charge >= 0.3 is 5.97 Å². The highest BCUT2D eigenvalue weighted by Crippen LogP contribution is 1.86. The van der Waals surface area contributed by atoms with E-state index in [0.717, 1.165) is 0 Å². The molecule has 64 valence electrons. The first-order valence-electron chi connectivity index (χ1n) is 4.91. The summed E-state index contributed by atoms with van der Waals surface area (Å²) in [5.41, 5.74) is 0.0564. The largest absolute Gasteiger partial charge is 0.480 e. The molecule has 4 N–H and O–H groups in total. The fourth-order valence-electron chi connectivity index (χ4n) is 0.373. The van der Waals surface area contributed by atoms with Gasteiger partial charge in [0.2, 0.25) is 5.91 Å². The predicted octanol–water partition coefficient (Wildman–Crippen LogP) is -1.56. The van der Waals surface area contributed by atoms with Crippen LogP contribution in [0.1, 0.15) is 0 Å². The van der Waals surface area contributed by atoms with Crippen LogP contribution in [-0.2, 0) is 9.59 Å². The van der Waals surface area contributed by atoms with Crippen molar-refractivity contribution >= 4 is 24.4 Å². The highest BCUT2D eigenvalue weighted by Gasteiger charge is 2.16. The number of hydrogen-bond donors (Lipinski definition) is 4. The van der Waals surface area contributed by atoms with Crippen LogP contribution in [0.4, 0.5) is 0 Å². The molecular formula is C5H10N2O3S. The summed E-state index contributed by atoms with van der Waals surface area (Å²) < 4.78 is 33.8. The SMILES string of the molecule is [2H]OC(=O)[C@H](CS[2H])N([2H])C(=O)CN([2H])[2H]. The molecule has 0 saturated heterocycles. The number of carbonyl (C=O) groups is 2. The first-order chi connectivity index (χ1) is 7.43. The van der Waals surface area contributed by atoms with E-state index in [-0.39, 0.29) is 16.8 Å². The van der Waals surface area contributed by atoms with E-state index < -0.39 is 24.5 Å². The van der Waals surface area contributed by atoms with Crippen LogP contribution in [0.15, 0.2) is 0 Å². The van der Waals surface area contributed by atoms with E-state index >= 15 is 0 Å². The molecule has 1 amide bonds. The lowest BCUT2D eigenvalue weighted by molar-refractivity contribution is -0.140. The molecule has 0 fully saturated rings. The van der Waals surface area contributed by atoms with Gasteiger partial charge in [0.05, 0.1) is 6.54 Å². The van der Waals surface area contributed by atoms with Gasteiger partial charge in [0.1, 0.15) is 9.99 Å². The first-order valence-corrected chi connectivity index (χ1v) is 3.33. The Labute approximate surface area is 76.3 Å². The van der Waals surface area contributed by atoms with Gasteiger partial charge in [0.15, 0.2) is 1.41 Å². The normalized spacial score (nSPS) is 18.5. The minimum absolute atomic E-state index is 0.0564. The van der Waals surface area contributed by atoms with Crippen LogP contribution >= 0.6 is 12.5 Å². The number of nitrogens with one attached hydrogen (secondary N) is 1. The zero-order chi connectivity index (χ0) is 12.7. The van der Waals surface area contributed by atoms with Gasteiger partial charge in [-0.25, -0.2) is 4.79 Å². The minimum Gasteiger partial charge on any atom is -0.480 e. The molecule has 0 unspecified atom stereocenters. The Hall–Kier alpha value is -0.750. The smallest absolute Gasteiger partial charge is 0.327 e. The average molecular weight is 183 g/mol. The molecule has 0 rings (SSSR count). The van der Waals surface area contributed by atoms with E-state index in [1.165, 1.54) is 0 Å². The number of carboxylic acid groups (broad SMARTS) is 1. The van der Waals surface area contributed by atoms with Gasteiger partial charge in [0.25, 0.3) is 1.43 Å². The second-order valence-electron chi connectivity index (χ2n) is 1.68. The zero-order valence-electron chi connectivity index (χ0n) is 10.5. The lowest BCUT2D eigenvalue weighted by Crippen LogP contribution is -2.44. The van der Waals surface area contributed by atoms with E-state index in [4.69, 9.17) is 6.79 Å². The number of nitrogens with two attached hydrogens (primary N) is 1. The van der Waals surface area contributed by atoms with Crippen molar-refractivity contribution in [2.45, 2.75) is 6.04 Å². The molecule has 0 aromatic rings. The highest BCUT2D eigenvalue weighted by molar-refractivity contribution is 7.80. The first kappa shape index (κ1) is 4.32. The van der Waals surface area contributed by atoms with Crippen molar-refractivity contribution in [2.75, 3.05) is 12.3 Å². The van der Waals surface area contributed by atoms with Gasteiger partial charge in [-0.2, -0.15) is 12.5 Å². The summed E-state index contributed by atoms with van der Waals surface area (Å²) in [5, 5.41) is 3.85. The van der Waals surface area contributed by atoms with E-state index in [9.17, 15) is 9.59 Å². The van der Waals surface area contributed by atoms with Crippen LogP contribution in [0.25, 0.3) is 1.43 Å². The number of rotatable bonds is 6. The number of carboxylic acids is 1. The fraction of sp³-hybridized carbons (Fsp3) is 0.600. The molecule has 6 heteroatoms. The van der Waals surface area contributed by atoms with Crippen LogP contribution in [0.3, 0.4) is 0 Å². The molecule has 0 aliphatic carbocycles. The quantitative estimate of drug-likeness (QED) is 0.375. The molecule has 0 radical (unpaired) electrons. The Kier molecular flexibility index (Phi) is 1.95. The van der Waals surface area contributed by atoms with Crippen molar-refractivity contribution in [2.24, 2.45) is 5.72 Å². The van der Waals surface area contributed by atoms with Crippen molar-refractivity contribution in [1.82, 2.24) is 5.31 Å². The van der Waals surface area contributed by atoms with Gasteiger partial charge in [-0.1, -0.05) is 0 Å². The summed E-state index contributed by atoms with van der Waals surface area (Å²) >= 11 is 0.463. The summed E-state index contributed by atoms with van der Waals surface area (Å²) in [5.74, 6) is -2.32. The third-order valence-electron chi connectivity index (χ3n) is 0.865. The molecule has 0 aliphatic rings. The van der Waals surface area contributed by atoms with Crippen molar-refractivity contribution in [3.8, 4) is 0 Å². The Morgan fingerprint density at radius 3 is 3.45 bits per heavy atom. The molecule has 5 nitrogen and oxygen atoms in total. The number of hydrogen-bond acceptors (Lipinski definition) is 5. The maximum absolute atomic E-state index is 11.2. The van der Waals surface area contributed by atoms with E-state index in [0.29, 0.717) is 12.5 Å². The summed E-state index contributed by atoms with van der Waals surface area (Å²) in [4.78, 5) is 22.2. The van der Waals surface area contributed by atoms with E-state index in [1.807, 2.05) is 0 Å². The second kappa shape index (κ2) is 4.97. The maximum Gasteiger partial charge on any atom is 0.327 e. The molecule has 0 spiro atoms. The molecule has 0 aromatic carbocycles. The predicted molar refractivity (Wildman–Crippen MR) is 42.5 cm³/mol. The second-order valence-corrected chi connectivity index (χ2v) is 2.02. The Morgan fingerprint density at radius 1 is 2.09 bits per heavy atom. The van der Waals surface area contributed by atoms with Crippen molar-refractivity contribution in [1.29, 1.82) is 2.55 Å². The van der Waals surface area contributed by atoms with Crippen molar-refractivity contribution in [3.05, 3.63) is 0 Å². The van der Waals surface area contributed by atoms with E-state index in [2.05, 4.69) is 5.11 Å². The molecule has 1 atom stereocenters. The molecule has 11 heavy (non-hydrogen) atoms. The number of amides is 1. The molecular weight excluding hydrogens is 168 g/mol. The van der Waals surface area contributed by atoms with Crippen molar-refractivity contribution in [3.63, 3.8) is 0 Å². The Bertz CT molecular complexity index is 256. The molecule has 0 bridgehead atoms. The van der Waals surface area contributed by atoms with Gasteiger partial charge in [-0.05, 0) is 0 Å².